The molecule has 2 N–H and O–H groups in total. The van der Waals surface area contributed by atoms with Gasteiger partial charge in [-0.2, -0.15) is 0 Å². The van der Waals surface area contributed by atoms with Crippen molar-refractivity contribution in [2.24, 2.45) is 7.05 Å². The van der Waals surface area contributed by atoms with Crippen LogP contribution in [-0.2, 0) is 30.2 Å². The van der Waals surface area contributed by atoms with E-state index in [2.05, 4.69) is 15.0 Å². The fourth-order valence-electron chi connectivity index (χ4n) is 1.92. The standard InChI is InChI=1S/C13H17FN4O2S/c1-15-8-10-3-4-11(14)7-12(10)21(19,20)17-9-13-16-5-6-18(13)2/h3-7,15,17H,8-9H2,1-2H3. The Balaban J connectivity index is 2.26. The Bertz CT molecular complexity index is 728. The number of nitrogens with zero attached hydrogens (tertiary/aromatic N) is 2. The number of halogens is 1. The largest absolute Gasteiger partial charge is 0.337 e. The predicted octanol–water partition coefficient (Wildman–Crippen LogP) is 0.757. The zero-order chi connectivity index (χ0) is 15.5. The summed E-state index contributed by atoms with van der Waals surface area (Å²) in [5.74, 6) is -0.0163. The Kier molecular flexibility index (Phi) is 4.71. The molecule has 2 rings (SSSR count). The van der Waals surface area contributed by atoms with Crippen LogP contribution < -0.4 is 10.0 Å². The lowest BCUT2D eigenvalue weighted by molar-refractivity contribution is 0.571. The summed E-state index contributed by atoms with van der Waals surface area (Å²) in [5.41, 5.74) is 0.506. The molecule has 0 aliphatic rings. The molecule has 0 spiro atoms. The van der Waals surface area contributed by atoms with Gasteiger partial charge in [-0.25, -0.2) is 22.5 Å². The van der Waals surface area contributed by atoms with Crippen molar-refractivity contribution in [3.8, 4) is 0 Å². The Labute approximate surface area is 123 Å². The minimum Gasteiger partial charge on any atom is -0.337 e. The van der Waals surface area contributed by atoms with Crippen molar-refractivity contribution in [2.75, 3.05) is 7.05 Å². The SMILES string of the molecule is CNCc1ccc(F)cc1S(=O)(=O)NCc1nccn1C. The molecule has 6 nitrogen and oxygen atoms in total. The minimum absolute atomic E-state index is 0.0430. The van der Waals surface area contributed by atoms with Gasteiger partial charge < -0.3 is 9.88 Å². The molecule has 0 bridgehead atoms. The predicted molar refractivity (Wildman–Crippen MR) is 76.4 cm³/mol. The van der Waals surface area contributed by atoms with E-state index in [1.807, 2.05) is 0 Å². The lowest BCUT2D eigenvalue weighted by atomic mass is 10.2. The van der Waals surface area contributed by atoms with Crippen LogP contribution in [0, 0.1) is 5.82 Å². The van der Waals surface area contributed by atoms with Crippen molar-refractivity contribution in [2.45, 2.75) is 18.0 Å². The van der Waals surface area contributed by atoms with E-state index in [1.54, 1.807) is 31.1 Å². The second-order valence-corrected chi connectivity index (χ2v) is 6.30. The maximum Gasteiger partial charge on any atom is 0.241 e. The highest BCUT2D eigenvalue weighted by Crippen LogP contribution is 2.17. The zero-order valence-corrected chi connectivity index (χ0v) is 12.6. The molecule has 0 saturated carbocycles. The highest BCUT2D eigenvalue weighted by Gasteiger charge is 2.19. The minimum atomic E-state index is -3.81. The summed E-state index contributed by atoms with van der Waals surface area (Å²) >= 11 is 0. The molecule has 2 aromatic rings. The molecule has 8 heteroatoms. The summed E-state index contributed by atoms with van der Waals surface area (Å²) in [4.78, 5) is 3.97. The third-order valence-electron chi connectivity index (χ3n) is 3.03. The van der Waals surface area contributed by atoms with Gasteiger partial charge in [-0.05, 0) is 24.7 Å². The van der Waals surface area contributed by atoms with Crippen LogP contribution in [0.5, 0.6) is 0 Å². The van der Waals surface area contributed by atoms with Crippen molar-refractivity contribution in [3.63, 3.8) is 0 Å². The highest BCUT2D eigenvalue weighted by atomic mass is 32.2. The number of rotatable bonds is 6. The highest BCUT2D eigenvalue weighted by molar-refractivity contribution is 7.89. The molecule has 0 fully saturated rings. The van der Waals surface area contributed by atoms with Gasteiger partial charge in [0.15, 0.2) is 0 Å². The third kappa shape index (κ3) is 3.66. The molecule has 0 unspecified atom stereocenters. The number of benzene rings is 1. The average Bonchev–Trinajstić information content (AvgIpc) is 2.84. The molecule has 1 aromatic carbocycles. The molecule has 114 valence electrons. The number of aryl methyl sites for hydroxylation is 1. The normalized spacial score (nSPS) is 11.8. The van der Waals surface area contributed by atoms with E-state index in [0.717, 1.165) is 6.07 Å². The Morgan fingerprint density at radius 3 is 2.71 bits per heavy atom. The van der Waals surface area contributed by atoms with E-state index in [-0.39, 0.29) is 11.4 Å². The van der Waals surface area contributed by atoms with Gasteiger partial charge in [-0.3, -0.25) is 0 Å². The molecule has 0 atom stereocenters. The molecule has 0 aliphatic heterocycles. The molecule has 0 aliphatic carbocycles. The Morgan fingerprint density at radius 2 is 2.10 bits per heavy atom. The van der Waals surface area contributed by atoms with Gasteiger partial charge in [0.1, 0.15) is 11.6 Å². The van der Waals surface area contributed by atoms with Crippen molar-refractivity contribution in [3.05, 3.63) is 47.8 Å². The van der Waals surface area contributed by atoms with E-state index in [9.17, 15) is 12.8 Å². The maximum absolute atomic E-state index is 13.4. The first-order chi connectivity index (χ1) is 9.94. The molecular formula is C13H17FN4O2S. The van der Waals surface area contributed by atoms with E-state index in [0.29, 0.717) is 17.9 Å². The van der Waals surface area contributed by atoms with Crippen LogP contribution in [0.25, 0.3) is 0 Å². The van der Waals surface area contributed by atoms with Gasteiger partial charge in [0.2, 0.25) is 10.0 Å². The first-order valence-electron chi connectivity index (χ1n) is 6.33. The number of nitrogens with one attached hydrogen (secondary N) is 2. The van der Waals surface area contributed by atoms with E-state index in [1.165, 1.54) is 12.1 Å². The van der Waals surface area contributed by atoms with Crippen LogP contribution in [-0.4, -0.2) is 25.0 Å². The summed E-state index contributed by atoms with van der Waals surface area (Å²) in [5, 5.41) is 2.86. The van der Waals surface area contributed by atoms with Gasteiger partial charge >= 0.3 is 0 Å². The quantitative estimate of drug-likeness (QED) is 0.825. The summed E-state index contributed by atoms with van der Waals surface area (Å²) in [6, 6.07) is 3.72. The molecule has 1 heterocycles. The van der Waals surface area contributed by atoms with Crippen molar-refractivity contribution < 1.29 is 12.8 Å². The van der Waals surface area contributed by atoms with Gasteiger partial charge in [0.25, 0.3) is 0 Å². The molecular weight excluding hydrogens is 295 g/mol. The van der Waals surface area contributed by atoms with Crippen LogP contribution in [0.15, 0.2) is 35.5 Å². The lowest BCUT2D eigenvalue weighted by Gasteiger charge is -2.11. The topological polar surface area (TPSA) is 76.0 Å². The summed E-state index contributed by atoms with van der Waals surface area (Å²) < 4.78 is 42.2. The Morgan fingerprint density at radius 1 is 1.33 bits per heavy atom. The smallest absolute Gasteiger partial charge is 0.241 e. The molecule has 0 saturated heterocycles. The van der Waals surface area contributed by atoms with E-state index in [4.69, 9.17) is 0 Å². The van der Waals surface area contributed by atoms with Crippen LogP contribution in [0.3, 0.4) is 0 Å². The zero-order valence-electron chi connectivity index (χ0n) is 11.8. The van der Waals surface area contributed by atoms with E-state index < -0.39 is 15.8 Å². The van der Waals surface area contributed by atoms with Gasteiger partial charge in [-0.1, -0.05) is 6.07 Å². The molecule has 1 aromatic heterocycles. The lowest BCUT2D eigenvalue weighted by Crippen LogP contribution is -2.26. The second kappa shape index (κ2) is 6.33. The number of aromatic nitrogens is 2. The first-order valence-corrected chi connectivity index (χ1v) is 7.81. The van der Waals surface area contributed by atoms with Crippen molar-refractivity contribution in [1.82, 2.24) is 19.6 Å². The van der Waals surface area contributed by atoms with E-state index >= 15 is 0 Å². The van der Waals surface area contributed by atoms with Crippen LogP contribution in [0.2, 0.25) is 0 Å². The summed E-state index contributed by atoms with van der Waals surface area (Å²) in [6.45, 7) is 0.375. The van der Waals surface area contributed by atoms with Crippen LogP contribution in [0.1, 0.15) is 11.4 Å². The molecule has 0 amide bonds. The van der Waals surface area contributed by atoms with Gasteiger partial charge in [0.05, 0.1) is 11.4 Å². The van der Waals surface area contributed by atoms with Gasteiger partial charge in [0, 0.05) is 26.0 Å². The van der Waals surface area contributed by atoms with Crippen molar-refractivity contribution >= 4 is 10.0 Å². The Hall–Kier alpha value is -1.77. The molecule has 0 radical (unpaired) electrons. The fourth-order valence-corrected chi connectivity index (χ4v) is 3.15. The first kappa shape index (κ1) is 15.6. The fraction of sp³-hybridized carbons (Fsp3) is 0.308. The summed E-state index contributed by atoms with van der Waals surface area (Å²) in [6.07, 6.45) is 3.30. The van der Waals surface area contributed by atoms with Gasteiger partial charge in [-0.15, -0.1) is 0 Å². The molecule has 21 heavy (non-hydrogen) atoms. The summed E-state index contributed by atoms with van der Waals surface area (Å²) in [7, 11) is -0.347. The van der Waals surface area contributed by atoms with Crippen molar-refractivity contribution in [1.29, 1.82) is 0 Å². The number of imidazole rings is 1. The third-order valence-corrected chi connectivity index (χ3v) is 4.51. The maximum atomic E-state index is 13.4. The average molecular weight is 312 g/mol. The number of hydrogen-bond acceptors (Lipinski definition) is 4. The number of hydrogen-bond donors (Lipinski definition) is 2. The second-order valence-electron chi connectivity index (χ2n) is 4.56. The van der Waals surface area contributed by atoms with Crippen LogP contribution in [0.4, 0.5) is 4.39 Å². The van der Waals surface area contributed by atoms with Crippen LogP contribution >= 0.6 is 0 Å². The number of sulfonamides is 1. The monoisotopic (exact) mass is 312 g/mol.